The molecule has 0 radical (unpaired) electrons. The van der Waals surface area contributed by atoms with Gasteiger partial charge in [0, 0.05) is 28.1 Å². The largest absolute Gasteiger partial charge is 0.391 e. The maximum absolute atomic E-state index is 12.2. The predicted octanol–water partition coefficient (Wildman–Crippen LogP) is 1.83. The molecule has 5 nitrogen and oxygen atoms in total. The summed E-state index contributed by atoms with van der Waals surface area (Å²) < 4.78 is 26.9. The molecule has 2 heterocycles. The molecule has 0 fully saturated rings. The van der Waals surface area contributed by atoms with Crippen LogP contribution < -0.4 is 4.72 Å². The highest BCUT2D eigenvalue weighted by atomic mass is 32.2. The van der Waals surface area contributed by atoms with Crippen LogP contribution in [0.2, 0.25) is 0 Å². The van der Waals surface area contributed by atoms with E-state index in [0.29, 0.717) is 22.7 Å². The minimum atomic E-state index is -3.52. The summed E-state index contributed by atoms with van der Waals surface area (Å²) in [7, 11) is -3.52. The Kier molecular flexibility index (Phi) is 4.92. The summed E-state index contributed by atoms with van der Waals surface area (Å²) in [5.41, 5.74) is 0.897. The van der Waals surface area contributed by atoms with Crippen LogP contribution in [0.15, 0.2) is 16.3 Å². The lowest BCUT2D eigenvalue weighted by Gasteiger charge is -2.05. The molecule has 2 aromatic rings. The van der Waals surface area contributed by atoms with Crippen LogP contribution in [0, 0.1) is 13.8 Å². The van der Waals surface area contributed by atoms with E-state index in [1.807, 2.05) is 12.3 Å². The van der Waals surface area contributed by atoms with Gasteiger partial charge in [-0.05, 0) is 19.9 Å². The van der Waals surface area contributed by atoms with Crippen molar-refractivity contribution in [3.05, 3.63) is 31.9 Å². The lowest BCUT2D eigenvalue weighted by atomic mass is 10.3. The number of nitrogens with zero attached hydrogens (tertiary/aromatic N) is 1. The Labute approximate surface area is 126 Å². The van der Waals surface area contributed by atoms with E-state index in [1.165, 1.54) is 17.4 Å². The first-order chi connectivity index (χ1) is 9.42. The molecule has 0 aliphatic rings. The smallest absolute Gasteiger partial charge is 0.241 e. The van der Waals surface area contributed by atoms with Crippen molar-refractivity contribution in [2.45, 2.75) is 31.8 Å². The van der Waals surface area contributed by atoms with Crippen LogP contribution in [0.25, 0.3) is 0 Å². The van der Waals surface area contributed by atoms with Gasteiger partial charge in [0.05, 0.1) is 22.2 Å². The number of hydrogen-bond acceptors (Lipinski definition) is 6. The Morgan fingerprint density at radius 3 is 2.70 bits per heavy atom. The molecular weight excluding hydrogens is 316 g/mol. The van der Waals surface area contributed by atoms with E-state index in [0.717, 1.165) is 10.7 Å². The molecule has 0 aliphatic carbocycles. The number of aliphatic hydroxyl groups excluding tert-OH is 1. The van der Waals surface area contributed by atoms with Crippen LogP contribution in [-0.2, 0) is 23.1 Å². The fraction of sp³-hybridized carbons (Fsp3) is 0.417. The summed E-state index contributed by atoms with van der Waals surface area (Å²) in [5.74, 6) is 0. The number of thiazole rings is 1. The third-order valence-electron chi connectivity index (χ3n) is 2.71. The monoisotopic (exact) mass is 332 g/mol. The molecule has 0 saturated heterocycles. The lowest BCUT2D eigenvalue weighted by molar-refractivity contribution is 0.285. The number of aryl methyl sites for hydroxylation is 2. The van der Waals surface area contributed by atoms with Crippen molar-refractivity contribution in [1.82, 2.24) is 9.71 Å². The normalized spacial score (nSPS) is 11.9. The molecule has 0 unspecified atom stereocenters. The fourth-order valence-electron chi connectivity index (χ4n) is 1.78. The van der Waals surface area contributed by atoms with E-state index in [-0.39, 0.29) is 11.5 Å². The standard InChI is InChI=1S/C12H16N2O3S3/c1-8-12(5-11(6-15)19-8)20(16,17)13-4-3-10-7-18-9(2)14-10/h5,7,13,15H,3-4,6H2,1-2H3. The van der Waals surface area contributed by atoms with Gasteiger partial charge in [-0.15, -0.1) is 22.7 Å². The van der Waals surface area contributed by atoms with Gasteiger partial charge in [0.25, 0.3) is 0 Å². The number of hydrogen-bond donors (Lipinski definition) is 2. The molecule has 2 rings (SSSR count). The zero-order chi connectivity index (χ0) is 14.8. The van der Waals surface area contributed by atoms with Crippen molar-refractivity contribution in [2.75, 3.05) is 6.54 Å². The third kappa shape index (κ3) is 3.64. The number of thiophene rings is 1. The average molecular weight is 332 g/mol. The molecule has 2 aromatic heterocycles. The number of aromatic nitrogens is 1. The first kappa shape index (κ1) is 15.6. The van der Waals surface area contributed by atoms with Gasteiger partial charge in [-0.3, -0.25) is 0 Å². The Bertz CT molecular complexity index is 689. The van der Waals surface area contributed by atoms with Gasteiger partial charge >= 0.3 is 0 Å². The molecule has 0 aliphatic heterocycles. The van der Waals surface area contributed by atoms with Crippen LogP contribution in [0.5, 0.6) is 0 Å². The second-order valence-electron chi connectivity index (χ2n) is 4.30. The summed E-state index contributed by atoms with van der Waals surface area (Å²) >= 11 is 2.85. The van der Waals surface area contributed by atoms with Gasteiger partial charge in [0.15, 0.2) is 0 Å². The maximum Gasteiger partial charge on any atom is 0.241 e. The minimum Gasteiger partial charge on any atom is -0.391 e. The van der Waals surface area contributed by atoms with Crippen molar-refractivity contribution >= 4 is 32.7 Å². The van der Waals surface area contributed by atoms with Crippen LogP contribution in [0.4, 0.5) is 0 Å². The van der Waals surface area contributed by atoms with E-state index in [1.54, 1.807) is 18.3 Å². The van der Waals surface area contributed by atoms with Gasteiger partial charge in [-0.25, -0.2) is 18.1 Å². The second-order valence-corrected chi connectivity index (χ2v) is 8.44. The third-order valence-corrected chi connectivity index (χ3v) is 6.28. The lowest BCUT2D eigenvalue weighted by Crippen LogP contribution is -2.26. The second kappa shape index (κ2) is 6.31. The Morgan fingerprint density at radius 1 is 1.40 bits per heavy atom. The van der Waals surface area contributed by atoms with Crippen molar-refractivity contribution in [3.63, 3.8) is 0 Å². The van der Waals surface area contributed by atoms with Crippen LogP contribution in [0.1, 0.15) is 20.5 Å². The number of rotatable bonds is 6. The van der Waals surface area contributed by atoms with Crippen molar-refractivity contribution in [3.8, 4) is 0 Å². The van der Waals surface area contributed by atoms with Gasteiger partial charge in [-0.1, -0.05) is 0 Å². The minimum absolute atomic E-state index is 0.140. The highest BCUT2D eigenvalue weighted by molar-refractivity contribution is 7.89. The van der Waals surface area contributed by atoms with E-state index in [2.05, 4.69) is 9.71 Å². The summed E-state index contributed by atoms with van der Waals surface area (Å²) in [6, 6.07) is 1.52. The summed E-state index contributed by atoms with van der Waals surface area (Å²) in [6.45, 7) is 3.83. The van der Waals surface area contributed by atoms with Gasteiger partial charge in [-0.2, -0.15) is 0 Å². The van der Waals surface area contributed by atoms with E-state index in [9.17, 15) is 8.42 Å². The Morgan fingerprint density at radius 2 is 2.15 bits per heavy atom. The van der Waals surface area contributed by atoms with Crippen LogP contribution >= 0.6 is 22.7 Å². The van der Waals surface area contributed by atoms with Gasteiger partial charge < -0.3 is 5.11 Å². The molecule has 0 atom stereocenters. The predicted molar refractivity (Wildman–Crippen MR) is 80.7 cm³/mol. The van der Waals surface area contributed by atoms with Crippen LogP contribution in [0.3, 0.4) is 0 Å². The maximum atomic E-state index is 12.2. The number of nitrogens with one attached hydrogen (secondary N) is 1. The van der Waals surface area contributed by atoms with Crippen molar-refractivity contribution in [2.24, 2.45) is 0 Å². The molecule has 2 N–H and O–H groups in total. The fourth-order valence-corrected chi connectivity index (χ4v) is 4.96. The molecule has 110 valence electrons. The zero-order valence-electron chi connectivity index (χ0n) is 11.2. The molecule has 20 heavy (non-hydrogen) atoms. The van der Waals surface area contributed by atoms with Crippen molar-refractivity contribution < 1.29 is 13.5 Å². The molecular formula is C12H16N2O3S3. The first-order valence-corrected chi connectivity index (χ1v) is 9.21. The molecule has 0 amide bonds. The zero-order valence-corrected chi connectivity index (χ0v) is 13.7. The molecule has 0 spiro atoms. The van der Waals surface area contributed by atoms with E-state index in [4.69, 9.17) is 5.11 Å². The molecule has 0 saturated carbocycles. The first-order valence-electron chi connectivity index (χ1n) is 6.03. The van der Waals surface area contributed by atoms with E-state index < -0.39 is 10.0 Å². The average Bonchev–Trinajstić information content (AvgIpc) is 2.95. The highest BCUT2D eigenvalue weighted by Gasteiger charge is 2.19. The number of aliphatic hydroxyl groups is 1. The Hall–Kier alpha value is -0.800. The number of sulfonamides is 1. The summed E-state index contributed by atoms with van der Waals surface area (Å²) in [5, 5.41) is 12.0. The summed E-state index contributed by atoms with van der Waals surface area (Å²) in [6.07, 6.45) is 0.569. The highest BCUT2D eigenvalue weighted by Crippen LogP contribution is 2.25. The SMILES string of the molecule is Cc1nc(CCNS(=O)(=O)c2cc(CO)sc2C)cs1. The van der Waals surface area contributed by atoms with Gasteiger partial charge in [0.2, 0.25) is 10.0 Å². The topological polar surface area (TPSA) is 79.3 Å². The quantitative estimate of drug-likeness (QED) is 0.846. The molecule has 8 heteroatoms. The Balaban J connectivity index is 2.01. The van der Waals surface area contributed by atoms with Crippen molar-refractivity contribution in [1.29, 1.82) is 0 Å². The molecule has 0 bridgehead atoms. The van der Waals surface area contributed by atoms with Gasteiger partial charge in [0.1, 0.15) is 0 Å². The van der Waals surface area contributed by atoms with E-state index >= 15 is 0 Å². The molecule has 0 aromatic carbocycles. The summed E-state index contributed by atoms with van der Waals surface area (Å²) in [4.78, 5) is 5.88. The van der Waals surface area contributed by atoms with Crippen LogP contribution in [-0.4, -0.2) is 25.1 Å².